The smallest absolute Gasteiger partial charge is 0.168 e. The molecule has 0 aliphatic carbocycles. The molecular formula is C12H13F2N3O. The van der Waals surface area contributed by atoms with Crippen molar-refractivity contribution >= 4 is 5.82 Å². The van der Waals surface area contributed by atoms with E-state index in [1.807, 2.05) is 6.92 Å². The Morgan fingerprint density at radius 2 is 2.06 bits per heavy atom. The molecule has 0 spiro atoms. The third-order valence-electron chi connectivity index (χ3n) is 2.68. The van der Waals surface area contributed by atoms with E-state index in [0.29, 0.717) is 5.76 Å². The van der Waals surface area contributed by atoms with Gasteiger partial charge in [-0.2, -0.15) is 0 Å². The Hall–Kier alpha value is -1.98. The highest BCUT2D eigenvalue weighted by Gasteiger charge is 2.18. The normalized spacial score (nSPS) is 12.5. The SMILES string of the molecule is Cc1noc(C)c1C(C)Nc1ncc(F)cc1F. The van der Waals surface area contributed by atoms with Gasteiger partial charge in [-0.1, -0.05) is 5.16 Å². The summed E-state index contributed by atoms with van der Waals surface area (Å²) >= 11 is 0. The highest BCUT2D eigenvalue weighted by Crippen LogP contribution is 2.25. The van der Waals surface area contributed by atoms with E-state index in [4.69, 9.17) is 4.52 Å². The number of pyridine rings is 1. The van der Waals surface area contributed by atoms with E-state index in [1.165, 1.54) is 0 Å². The molecule has 2 aromatic rings. The van der Waals surface area contributed by atoms with Crippen molar-refractivity contribution < 1.29 is 13.3 Å². The van der Waals surface area contributed by atoms with Crippen molar-refractivity contribution in [3.05, 3.63) is 40.9 Å². The lowest BCUT2D eigenvalue weighted by Gasteiger charge is -2.14. The Kier molecular flexibility index (Phi) is 3.27. The second kappa shape index (κ2) is 4.72. The topological polar surface area (TPSA) is 51.0 Å². The Labute approximate surface area is 103 Å². The average molecular weight is 253 g/mol. The lowest BCUT2D eigenvalue weighted by Crippen LogP contribution is -2.11. The number of hydrogen-bond donors (Lipinski definition) is 1. The standard InChI is InChI=1S/C12H13F2N3O/c1-6(11-7(2)17-18-8(11)3)16-12-10(14)4-9(13)5-15-12/h4-6H,1-3H3,(H,15,16). The van der Waals surface area contributed by atoms with Crippen molar-refractivity contribution in [3.8, 4) is 0 Å². The molecule has 18 heavy (non-hydrogen) atoms. The number of rotatable bonds is 3. The molecule has 2 heterocycles. The fourth-order valence-corrected chi connectivity index (χ4v) is 1.91. The zero-order chi connectivity index (χ0) is 13.3. The van der Waals surface area contributed by atoms with Crippen molar-refractivity contribution in [1.29, 1.82) is 0 Å². The van der Waals surface area contributed by atoms with Gasteiger partial charge >= 0.3 is 0 Å². The number of halogens is 2. The summed E-state index contributed by atoms with van der Waals surface area (Å²) in [6, 6.07) is 0.554. The highest BCUT2D eigenvalue weighted by molar-refractivity contribution is 5.40. The van der Waals surface area contributed by atoms with Crippen LogP contribution >= 0.6 is 0 Å². The fraction of sp³-hybridized carbons (Fsp3) is 0.333. The Bertz CT molecular complexity index is 549. The third-order valence-corrected chi connectivity index (χ3v) is 2.68. The molecule has 2 aromatic heterocycles. The van der Waals surface area contributed by atoms with Crippen LogP contribution < -0.4 is 5.32 Å². The van der Waals surface area contributed by atoms with Crippen molar-refractivity contribution in [2.75, 3.05) is 5.32 Å². The number of aryl methyl sites for hydroxylation is 2. The number of nitrogens with zero attached hydrogens (tertiary/aromatic N) is 2. The van der Waals surface area contributed by atoms with E-state index >= 15 is 0 Å². The van der Waals surface area contributed by atoms with E-state index in [1.54, 1.807) is 13.8 Å². The van der Waals surface area contributed by atoms with Crippen LogP contribution in [0, 0.1) is 25.5 Å². The van der Waals surface area contributed by atoms with Crippen molar-refractivity contribution in [2.24, 2.45) is 0 Å². The predicted molar refractivity (Wildman–Crippen MR) is 62.2 cm³/mol. The summed E-state index contributed by atoms with van der Waals surface area (Å²) in [4.78, 5) is 3.67. The molecule has 0 saturated heterocycles. The molecule has 0 amide bonds. The minimum Gasteiger partial charge on any atom is -0.361 e. The molecule has 1 unspecified atom stereocenters. The van der Waals surface area contributed by atoms with Crippen LogP contribution in [-0.4, -0.2) is 10.1 Å². The van der Waals surface area contributed by atoms with Gasteiger partial charge in [-0.05, 0) is 20.8 Å². The number of nitrogens with one attached hydrogen (secondary N) is 1. The van der Waals surface area contributed by atoms with E-state index < -0.39 is 11.6 Å². The molecule has 1 atom stereocenters. The highest BCUT2D eigenvalue weighted by atomic mass is 19.1. The van der Waals surface area contributed by atoms with Crippen molar-refractivity contribution in [2.45, 2.75) is 26.8 Å². The first-order valence-electron chi connectivity index (χ1n) is 5.49. The van der Waals surface area contributed by atoms with Gasteiger partial charge in [-0.25, -0.2) is 13.8 Å². The molecule has 1 N–H and O–H groups in total. The van der Waals surface area contributed by atoms with Crippen LogP contribution in [0.2, 0.25) is 0 Å². The van der Waals surface area contributed by atoms with Gasteiger partial charge in [0.15, 0.2) is 11.6 Å². The largest absolute Gasteiger partial charge is 0.361 e. The van der Waals surface area contributed by atoms with Gasteiger partial charge in [-0.15, -0.1) is 0 Å². The van der Waals surface area contributed by atoms with Crippen LogP contribution in [0.1, 0.15) is 30.0 Å². The van der Waals surface area contributed by atoms with E-state index in [2.05, 4.69) is 15.5 Å². The zero-order valence-corrected chi connectivity index (χ0v) is 10.3. The van der Waals surface area contributed by atoms with Crippen LogP contribution in [0.3, 0.4) is 0 Å². The molecule has 96 valence electrons. The number of hydrogen-bond acceptors (Lipinski definition) is 4. The summed E-state index contributed by atoms with van der Waals surface area (Å²) in [5.41, 5.74) is 1.58. The van der Waals surface area contributed by atoms with Gasteiger partial charge < -0.3 is 9.84 Å². The van der Waals surface area contributed by atoms with E-state index in [9.17, 15) is 8.78 Å². The summed E-state index contributed by atoms with van der Waals surface area (Å²) in [5.74, 6) is -0.768. The monoisotopic (exact) mass is 253 g/mol. The van der Waals surface area contributed by atoms with Gasteiger partial charge in [0.05, 0.1) is 17.9 Å². The van der Waals surface area contributed by atoms with Crippen molar-refractivity contribution in [3.63, 3.8) is 0 Å². The minimum absolute atomic E-state index is 0.00361. The predicted octanol–water partition coefficient (Wildman–Crippen LogP) is 3.14. The molecule has 6 heteroatoms. The summed E-state index contributed by atoms with van der Waals surface area (Å²) in [6.45, 7) is 5.41. The minimum atomic E-state index is -0.728. The molecule has 4 nitrogen and oxygen atoms in total. The average Bonchev–Trinajstić information content (AvgIpc) is 2.62. The van der Waals surface area contributed by atoms with Crippen LogP contribution in [0.5, 0.6) is 0 Å². The molecule has 0 aromatic carbocycles. The van der Waals surface area contributed by atoms with Crippen LogP contribution in [0.15, 0.2) is 16.8 Å². The van der Waals surface area contributed by atoms with E-state index in [-0.39, 0.29) is 11.9 Å². The quantitative estimate of drug-likeness (QED) is 0.913. The van der Waals surface area contributed by atoms with Gasteiger partial charge in [0.25, 0.3) is 0 Å². The first kappa shape index (κ1) is 12.5. The molecule has 0 radical (unpaired) electrons. The van der Waals surface area contributed by atoms with Crippen LogP contribution in [-0.2, 0) is 0 Å². The molecule has 0 aliphatic heterocycles. The van der Waals surface area contributed by atoms with Gasteiger partial charge in [0.2, 0.25) is 0 Å². The molecule has 0 saturated carbocycles. The second-order valence-corrected chi connectivity index (χ2v) is 4.09. The summed E-state index contributed by atoms with van der Waals surface area (Å²) in [7, 11) is 0. The lowest BCUT2D eigenvalue weighted by atomic mass is 10.1. The van der Waals surface area contributed by atoms with Crippen LogP contribution in [0.4, 0.5) is 14.6 Å². The number of aromatic nitrogens is 2. The van der Waals surface area contributed by atoms with Gasteiger partial charge in [-0.3, -0.25) is 0 Å². The lowest BCUT2D eigenvalue weighted by molar-refractivity contribution is 0.392. The molecule has 2 rings (SSSR count). The maximum atomic E-state index is 13.4. The number of anilines is 1. The maximum Gasteiger partial charge on any atom is 0.168 e. The maximum absolute atomic E-state index is 13.4. The third kappa shape index (κ3) is 2.32. The molecule has 0 bridgehead atoms. The summed E-state index contributed by atoms with van der Waals surface area (Å²) in [6.07, 6.45) is 0.964. The molecule has 0 aliphatic rings. The van der Waals surface area contributed by atoms with Gasteiger partial charge in [0, 0.05) is 11.6 Å². The Morgan fingerprint density at radius 3 is 2.61 bits per heavy atom. The van der Waals surface area contributed by atoms with E-state index in [0.717, 1.165) is 23.5 Å². The van der Waals surface area contributed by atoms with Crippen molar-refractivity contribution in [1.82, 2.24) is 10.1 Å². The first-order valence-corrected chi connectivity index (χ1v) is 5.49. The Morgan fingerprint density at radius 1 is 1.33 bits per heavy atom. The van der Waals surface area contributed by atoms with Gasteiger partial charge in [0.1, 0.15) is 11.6 Å². The first-order chi connectivity index (χ1) is 8.49. The summed E-state index contributed by atoms with van der Waals surface area (Å²) < 4.78 is 31.2. The van der Waals surface area contributed by atoms with Crippen LogP contribution in [0.25, 0.3) is 0 Å². The molecule has 0 fully saturated rings. The Balaban J connectivity index is 2.24. The summed E-state index contributed by atoms with van der Waals surface area (Å²) in [5, 5.41) is 6.69. The molecular weight excluding hydrogens is 240 g/mol. The fourth-order valence-electron chi connectivity index (χ4n) is 1.91. The second-order valence-electron chi connectivity index (χ2n) is 4.09. The zero-order valence-electron chi connectivity index (χ0n) is 10.3.